The number of carbonyl (C=O) groups excluding carboxylic acids is 4. The average molecular weight is 1450 g/mol. The number of phosphoric acid groups is 2. The van der Waals surface area contributed by atoms with E-state index in [1.54, 1.807) is 0 Å². The summed E-state index contributed by atoms with van der Waals surface area (Å²) in [7, 11) is -9.93. The van der Waals surface area contributed by atoms with E-state index in [0.717, 1.165) is 121 Å². The molecule has 17 nitrogen and oxygen atoms in total. The van der Waals surface area contributed by atoms with Gasteiger partial charge >= 0.3 is 39.5 Å². The number of rotatable bonds is 77. The summed E-state index contributed by atoms with van der Waals surface area (Å²) in [6.45, 7) is 9.54. The smallest absolute Gasteiger partial charge is 0.462 e. The third-order valence-electron chi connectivity index (χ3n) is 18.1. The summed E-state index contributed by atoms with van der Waals surface area (Å²) in [5, 5.41) is 10.6. The zero-order valence-corrected chi connectivity index (χ0v) is 66.1. The van der Waals surface area contributed by atoms with E-state index in [0.29, 0.717) is 25.7 Å². The second-order valence-electron chi connectivity index (χ2n) is 29.1. The minimum Gasteiger partial charge on any atom is -0.462 e. The molecule has 0 saturated heterocycles. The summed E-state index contributed by atoms with van der Waals surface area (Å²) in [6.07, 6.45) is 63.2. The van der Waals surface area contributed by atoms with Crippen LogP contribution in [0.1, 0.15) is 395 Å². The first-order chi connectivity index (χ1) is 47.9. The molecule has 2 unspecified atom stereocenters. The van der Waals surface area contributed by atoms with Crippen molar-refractivity contribution in [2.75, 3.05) is 39.6 Å². The van der Waals surface area contributed by atoms with Crippen molar-refractivity contribution in [2.45, 2.75) is 413 Å². The summed E-state index contributed by atoms with van der Waals surface area (Å²) in [5.41, 5.74) is 0. The molecule has 0 aromatic heterocycles. The van der Waals surface area contributed by atoms with Crippen LogP contribution in [0.2, 0.25) is 0 Å². The first-order valence-electron chi connectivity index (χ1n) is 40.8. The Kier molecular flexibility index (Phi) is 69.4. The summed E-state index contributed by atoms with van der Waals surface area (Å²) in [6, 6.07) is 0. The predicted molar refractivity (Wildman–Crippen MR) is 404 cm³/mol. The van der Waals surface area contributed by atoms with Crippen molar-refractivity contribution < 1.29 is 80.2 Å². The molecule has 0 rings (SSSR count). The number of allylic oxidation sites excluding steroid dienone is 4. The lowest BCUT2D eigenvalue weighted by molar-refractivity contribution is -0.161. The Morgan fingerprint density at radius 1 is 0.313 bits per heavy atom. The lowest BCUT2D eigenvalue weighted by Crippen LogP contribution is -2.30. The molecule has 99 heavy (non-hydrogen) atoms. The molecule has 5 atom stereocenters. The van der Waals surface area contributed by atoms with Crippen molar-refractivity contribution in [3.8, 4) is 0 Å². The van der Waals surface area contributed by atoms with Gasteiger partial charge in [0.1, 0.15) is 19.3 Å². The molecule has 0 aliphatic carbocycles. The molecule has 0 aliphatic rings. The molecule has 19 heteroatoms. The van der Waals surface area contributed by atoms with Gasteiger partial charge in [-0.2, -0.15) is 0 Å². The lowest BCUT2D eigenvalue weighted by atomic mass is 10.0. The number of unbranched alkanes of at least 4 members (excludes halogenated alkanes) is 44. The summed E-state index contributed by atoms with van der Waals surface area (Å²) in [4.78, 5) is 73.0. The van der Waals surface area contributed by atoms with Gasteiger partial charge in [0.15, 0.2) is 12.2 Å². The number of esters is 4. The van der Waals surface area contributed by atoms with Gasteiger partial charge in [0.05, 0.1) is 26.4 Å². The van der Waals surface area contributed by atoms with Crippen LogP contribution in [0.3, 0.4) is 0 Å². The van der Waals surface area contributed by atoms with Gasteiger partial charge in [-0.25, -0.2) is 9.13 Å². The van der Waals surface area contributed by atoms with E-state index in [4.69, 9.17) is 37.0 Å². The van der Waals surface area contributed by atoms with Gasteiger partial charge in [0, 0.05) is 25.7 Å². The Bertz CT molecular complexity index is 2000. The molecule has 584 valence electrons. The van der Waals surface area contributed by atoms with Crippen LogP contribution in [-0.2, 0) is 65.4 Å². The van der Waals surface area contributed by atoms with Crippen LogP contribution in [-0.4, -0.2) is 96.7 Å². The zero-order chi connectivity index (χ0) is 72.8. The molecule has 3 N–H and O–H groups in total. The summed E-state index contributed by atoms with van der Waals surface area (Å²) in [5.74, 6) is -0.627. The van der Waals surface area contributed by atoms with Crippen molar-refractivity contribution in [3.63, 3.8) is 0 Å². The van der Waals surface area contributed by atoms with Crippen molar-refractivity contribution in [1.82, 2.24) is 0 Å². The van der Waals surface area contributed by atoms with Crippen LogP contribution >= 0.6 is 15.6 Å². The van der Waals surface area contributed by atoms with Gasteiger partial charge in [0.2, 0.25) is 0 Å². The van der Waals surface area contributed by atoms with Crippen molar-refractivity contribution in [3.05, 3.63) is 24.3 Å². The molecular formula is C80H152O17P2. The summed E-state index contributed by atoms with van der Waals surface area (Å²) >= 11 is 0. The van der Waals surface area contributed by atoms with Crippen molar-refractivity contribution in [1.29, 1.82) is 0 Å². The number of hydrogen-bond donors (Lipinski definition) is 3. The standard InChI is InChI=1S/C80H152O17P2/c1-7-9-11-13-15-17-19-21-23-24-26-30-35-39-47-53-59-65-79(84)96-75(68-90-77(82)62-56-50-44-37-33-31-27-28-32-36-42-48-54-60-72(3)4)70-94-98(86,87)92-66-74(81)67-93-99(88,89)95-71-76(69-91-78(83)63-57-51-45-41-40-43-49-55-61-73(5)6)97-80(85)64-58-52-46-38-34-29-25-22-20-18-16-14-12-10-8-2/h18,20,22,25,72-76,81H,7-17,19,21,23-24,26-71H2,1-6H3,(H,86,87)(H,88,89)/b20-18-,25-22-/t74-,75-,76-/m1/s1. The van der Waals surface area contributed by atoms with Crippen LogP contribution < -0.4 is 0 Å². The highest BCUT2D eigenvalue weighted by Gasteiger charge is 2.30. The number of aliphatic hydroxyl groups excluding tert-OH is 1. The number of aliphatic hydroxyl groups is 1. The number of carbonyl (C=O) groups is 4. The fourth-order valence-electron chi connectivity index (χ4n) is 11.8. The van der Waals surface area contributed by atoms with Crippen LogP contribution in [0.5, 0.6) is 0 Å². The van der Waals surface area contributed by atoms with Crippen molar-refractivity contribution in [2.24, 2.45) is 11.8 Å². The monoisotopic (exact) mass is 1450 g/mol. The highest BCUT2D eigenvalue weighted by molar-refractivity contribution is 7.47. The van der Waals surface area contributed by atoms with Gasteiger partial charge in [-0.3, -0.25) is 37.3 Å². The normalized spacial score (nSPS) is 14.1. The molecule has 0 radical (unpaired) electrons. The quantitative estimate of drug-likeness (QED) is 0.0169. The van der Waals surface area contributed by atoms with Crippen LogP contribution in [0.4, 0.5) is 0 Å². The van der Waals surface area contributed by atoms with Gasteiger partial charge in [-0.05, 0) is 63.2 Å². The van der Waals surface area contributed by atoms with Crippen molar-refractivity contribution >= 4 is 39.5 Å². The molecule has 0 spiro atoms. The fourth-order valence-corrected chi connectivity index (χ4v) is 13.4. The molecule has 0 fully saturated rings. The lowest BCUT2D eigenvalue weighted by Gasteiger charge is -2.21. The van der Waals surface area contributed by atoms with Crippen LogP contribution in [0.25, 0.3) is 0 Å². The highest BCUT2D eigenvalue weighted by Crippen LogP contribution is 2.45. The Morgan fingerprint density at radius 3 is 0.828 bits per heavy atom. The van der Waals surface area contributed by atoms with E-state index in [9.17, 15) is 43.2 Å². The first kappa shape index (κ1) is 96.5. The zero-order valence-electron chi connectivity index (χ0n) is 64.3. The summed E-state index contributed by atoms with van der Waals surface area (Å²) < 4.78 is 68.6. The number of hydrogen-bond acceptors (Lipinski definition) is 15. The predicted octanol–water partition coefficient (Wildman–Crippen LogP) is 23.4. The molecule has 0 heterocycles. The van der Waals surface area contributed by atoms with Gasteiger partial charge in [-0.15, -0.1) is 0 Å². The Balaban J connectivity index is 5.29. The minimum atomic E-state index is -4.97. The maximum Gasteiger partial charge on any atom is 0.472 e. The molecule has 0 aromatic carbocycles. The Hall–Kier alpha value is -2.46. The van der Waals surface area contributed by atoms with Gasteiger partial charge < -0.3 is 33.8 Å². The van der Waals surface area contributed by atoms with Crippen LogP contribution in [0.15, 0.2) is 24.3 Å². The van der Waals surface area contributed by atoms with E-state index in [1.165, 1.54) is 193 Å². The SMILES string of the molecule is CCCCCC/C=C\C=C/CCCCCCCC(=O)O[C@H](COC(=O)CCCCCCCCCCC(C)C)COP(=O)(O)OC[C@H](O)COP(=O)(O)OC[C@@H](COC(=O)CCCCCCCCCCCCCCCC(C)C)OC(=O)CCCCCCCCCCCCCCCCCCC. The molecule has 0 saturated carbocycles. The second-order valence-corrected chi connectivity index (χ2v) is 32.0. The first-order valence-corrected chi connectivity index (χ1v) is 43.8. The van der Waals surface area contributed by atoms with Gasteiger partial charge in [0.25, 0.3) is 0 Å². The molecule has 0 bridgehead atoms. The third-order valence-corrected chi connectivity index (χ3v) is 20.0. The topological polar surface area (TPSA) is 237 Å². The van der Waals surface area contributed by atoms with E-state index in [2.05, 4.69) is 65.8 Å². The maximum absolute atomic E-state index is 13.1. The number of phosphoric ester groups is 2. The minimum absolute atomic E-state index is 0.0846. The van der Waals surface area contributed by atoms with Crippen LogP contribution in [0, 0.1) is 11.8 Å². The second kappa shape index (κ2) is 71.2. The largest absolute Gasteiger partial charge is 0.472 e. The molecule has 0 aromatic rings. The number of ether oxygens (including phenoxy) is 4. The van der Waals surface area contributed by atoms with E-state index >= 15 is 0 Å². The Labute approximate surface area is 605 Å². The van der Waals surface area contributed by atoms with Gasteiger partial charge in [-0.1, -0.05) is 342 Å². The van der Waals surface area contributed by atoms with E-state index < -0.39 is 97.5 Å². The average Bonchev–Trinajstić information content (AvgIpc) is 1.05. The molecule has 0 amide bonds. The van der Waals surface area contributed by atoms with E-state index in [-0.39, 0.29) is 25.7 Å². The third kappa shape index (κ3) is 73.6. The van der Waals surface area contributed by atoms with E-state index in [1.807, 2.05) is 0 Å². The molecule has 0 aliphatic heterocycles. The molecular weight excluding hydrogens is 1290 g/mol. The maximum atomic E-state index is 13.1. The Morgan fingerprint density at radius 2 is 0.545 bits per heavy atom. The fraction of sp³-hybridized carbons (Fsp3) is 0.900. The highest BCUT2D eigenvalue weighted by atomic mass is 31.2.